The Morgan fingerprint density at radius 2 is 1.91 bits per heavy atom. The molecule has 0 saturated heterocycles. The molecule has 0 bridgehead atoms. The lowest BCUT2D eigenvalue weighted by atomic mass is 10.0. The van der Waals surface area contributed by atoms with Crippen molar-refractivity contribution in [3.05, 3.63) is 65.5 Å². The first-order valence-corrected chi connectivity index (χ1v) is 8.17. The van der Waals surface area contributed by atoms with Gasteiger partial charge in [-0.25, -0.2) is 4.39 Å². The Balaban J connectivity index is 2.02. The summed E-state index contributed by atoms with van der Waals surface area (Å²) in [6.45, 7) is 0.635. The van der Waals surface area contributed by atoms with Crippen molar-refractivity contribution in [2.45, 2.75) is 11.2 Å². The predicted molar refractivity (Wildman–Crippen MR) is 91.0 cm³/mol. The second kappa shape index (κ2) is 8.79. The smallest absolute Gasteiger partial charge is 0.176 e. The molecule has 2 aromatic rings. The van der Waals surface area contributed by atoms with Crippen LogP contribution in [0.5, 0.6) is 5.75 Å². The number of ketones is 1. The Morgan fingerprint density at radius 3 is 2.57 bits per heavy atom. The third-order valence-corrected chi connectivity index (χ3v) is 4.04. The van der Waals surface area contributed by atoms with E-state index in [1.807, 2.05) is 30.3 Å². The van der Waals surface area contributed by atoms with Gasteiger partial charge in [-0.3, -0.25) is 4.79 Å². The van der Waals surface area contributed by atoms with Crippen LogP contribution in [-0.2, 0) is 11.2 Å². The zero-order chi connectivity index (χ0) is 16.7. The average Bonchev–Trinajstić information content (AvgIpc) is 2.56. The quantitative estimate of drug-likeness (QED) is 0.393. The van der Waals surface area contributed by atoms with E-state index in [2.05, 4.69) is 15.9 Å². The second-order valence-corrected chi connectivity index (χ2v) is 6.11. The molecule has 5 heteroatoms. The largest absolute Gasteiger partial charge is 0.488 e. The van der Waals surface area contributed by atoms with Gasteiger partial charge in [0.15, 0.2) is 17.3 Å². The van der Waals surface area contributed by atoms with Crippen LogP contribution >= 0.6 is 15.9 Å². The van der Waals surface area contributed by atoms with Crippen molar-refractivity contribution in [1.29, 1.82) is 0 Å². The molecule has 1 unspecified atom stereocenters. The first kappa shape index (κ1) is 17.6. The van der Waals surface area contributed by atoms with Crippen molar-refractivity contribution >= 4 is 21.7 Å². The number of benzene rings is 2. The number of halogens is 2. The van der Waals surface area contributed by atoms with Gasteiger partial charge in [-0.05, 0) is 30.2 Å². The van der Waals surface area contributed by atoms with E-state index < -0.39 is 10.6 Å². The molecule has 1 atom stereocenters. The highest BCUT2D eigenvalue weighted by Crippen LogP contribution is 2.22. The number of hydrogen-bond donors (Lipinski definition) is 0. The number of hydrogen-bond acceptors (Lipinski definition) is 3. The van der Waals surface area contributed by atoms with Gasteiger partial charge in [-0.2, -0.15) is 0 Å². The van der Waals surface area contributed by atoms with Crippen molar-refractivity contribution in [3.8, 4) is 5.75 Å². The maximum absolute atomic E-state index is 14.0. The van der Waals surface area contributed by atoms with E-state index in [-0.39, 0.29) is 18.1 Å². The van der Waals surface area contributed by atoms with Crippen molar-refractivity contribution in [1.82, 2.24) is 0 Å². The molecular weight excluding hydrogens is 363 g/mol. The van der Waals surface area contributed by atoms with E-state index in [1.165, 1.54) is 12.1 Å². The highest BCUT2D eigenvalue weighted by molar-refractivity contribution is 9.10. The number of ether oxygens (including phenoxy) is 2. The molecule has 3 nitrogen and oxygen atoms in total. The van der Waals surface area contributed by atoms with E-state index in [4.69, 9.17) is 9.47 Å². The van der Waals surface area contributed by atoms with Crippen LogP contribution in [0.3, 0.4) is 0 Å². The summed E-state index contributed by atoms with van der Waals surface area (Å²) in [5, 5.41) is 0. The Hall–Kier alpha value is -1.72. The summed E-state index contributed by atoms with van der Waals surface area (Å²) in [5.41, 5.74) is 1.36. The summed E-state index contributed by atoms with van der Waals surface area (Å²) < 4.78 is 24.1. The number of alkyl halides is 1. The lowest BCUT2D eigenvalue weighted by Gasteiger charge is -2.11. The number of Topliss-reactive ketones (excluding diaryl/α,β-unsaturated/α-hetero) is 1. The Bertz CT molecular complexity index is 646. The average molecular weight is 381 g/mol. The molecule has 23 heavy (non-hydrogen) atoms. The van der Waals surface area contributed by atoms with Crippen molar-refractivity contribution in [2.75, 3.05) is 20.3 Å². The molecule has 122 valence electrons. The van der Waals surface area contributed by atoms with Crippen molar-refractivity contribution < 1.29 is 18.7 Å². The Labute approximate surface area is 143 Å². The molecule has 0 aliphatic carbocycles. The van der Waals surface area contributed by atoms with Crippen molar-refractivity contribution in [3.63, 3.8) is 0 Å². The van der Waals surface area contributed by atoms with E-state index in [1.54, 1.807) is 13.2 Å². The number of carbonyl (C=O) groups excluding carboxylic acids is 1. The fourth-order valence-electron chi connectivity index (χ4n) is 2.10. The van der Waals surface area contributed by atoms with Crippen LogP contribution in [0.1, 0.15) is 15.9 Å². The van der Waals surface area contributed by atoms with E-state index >= 15 is 0 Å². The monoisotopic (exact) mass is 380 g/mol. The summed E-state index contributed by atoms with van der Waals surface area (Å²) in [6, 6.07) is 13.9. The van der Waals surface area contributed by atoms with Crippen LogP contribution in [0.2, 0.25) is 0 Å². The van der Waals surface area contributed by atoms with Crippen molar-refractivity contribution in [2.24, 2.45) is 0 Å². The first-order chi connectivity index (χ1) is 11.1. The van der Waals surface area contributed by atoms with Gasteiger partial charge in [-0.15, -0.1) is 0 Å². The molecule has 0 heterocycles. The van der Waals surface area contributed by atoms with Crippen LogP contribution in [0, 0.1) is 5.82 Å². The standard InChI is InChI=1S/C18H18BrFO3/c1-22-9-10-23-17-8-7-14(12-16(17)20)18(21)15(19)11-13-5-3-2-4-6-13/h2-8,12,15H,9-11H2,1H3. The minimum absolute atomic E-state index is 0.118. The third kappa shape index (κ3) is 5.15. The normalized spacial score (nSPS) is 12.0. The third-order valence-electron chi connectivity index (χ3n) is 3.30. The Kier molecular flexibility index (Phi) is 6.74. The summed E-state index contributed by atoms with van der Waals surface area (Å²) in [5.74, 6) is -0.588. The lowest BCUT2D eigenvalue weighted by molar-refractivity contribution is 0.0990. The second-order valence-electron chi connectivity index (χ2n) is 5.01. The molecule has 2 rings (SSSR count). The molecule has 0 spiro atoms. The summed E-state index contributed by atoms with van der Waals surface area (Å²) in [7, 11) is 1.55. The molecule has 0 amide bonds. The number of carbonyl (C=O) groups is 1. The molecule has 0 fully saturated rings. The molecular formula is C18H18BrFO3. The van der Waals surface area contributed by atoms with Gasteiger partial charge in [0.2, 0.25) is 0 Å². The van der Waals surface area contributed by atoms with E-state index in [0.717, 1.165) is 5.56 Å². The van der Waals surface area contributed by atoms with Gasteiger partial charge in [-0.1, -0.05) is 46.3 Å². The Morgan fingerprint density at radius 1 is 1.17 bits per heavy atom. The molecule has 0 aliphatic rings. The van der Waals surface area contributed by atoms with Gasteiger partial charge >= 0.3 is 0 Å². The highest BCUT2D eigenvalue weighted by atomic mass is 79.9. The minimum atomic E-state index is -0.550. The van der Waals surface area contributed by atoms with E-state index in [0.29, 0.717) is 18.6 Å². The topological polar surface area (TPSA) is 35.5 Å². The number of methoxy groups -OCH3 is 1. The SMILES string of the molecule is COCCOc1ccc(C(=O)C(Br)Cc2ccccc2)cc1F. The van der Waals surface area contributed by atoms with Gasteiger partial charge in [0, 0.05) is 12.7 Å². The fraction of sp³-hybridized carbons (Fsp3) is 0.278. The van der Waals surface area contributed by atoms with Crippen LogP contribution < -0.4 is 4.74 Å². The van der Waals surface area contributed by atoms with Gasteiger partial charge in [0.1, 0.15) is 6.61 Å². The van der Waals surface area contributed by atoms with Gasteiger partial charge in [0.05, 0.1) is 11.4 Å². The van der Waals surface area contributed by atoms with Crippen LogP contribution in [-0.4, -0.2) is 30.9 Å². The predicted octanol–water partition coefficient (Wildman–Crippen LogP) is 4.04. The fourth-order valence-corrected chi connectivity index (χ4v) is 2.74. The zero-order valence-electron chi connectivity index (χ0n) is 12.8. The number of rotatable bonds is 8. The molecule has 0 N–H and O–H groups in total. The first-order valence-electron chi connectivity index (χ1n) is 7.25. The molecule has 0 aromatic heterocycles. The van der Waals surface area contributed by atoms with Crippen LogP contribution in [0.4, 0.5) is 4.39 Å². The van der Waals surface area contributed by atoms with Gasteiger partial charge < -0.3 is 9.47 Å². The molecule has 2 aromatic carbocycles. The highest BCUT2D eigenvalue weighted by Gasteiger charge is 2.19. The van der Waals surface area contributed by atoms with Crippen LogP contribution in [0.15, 0.2) is 48.5 Å². The molecule has 0 radical (unpaired) electrons. The summed E-state index contributed by atoms with van der Waals surface area (Å²) >= 11 is 3.39. The summed E-state index contributed by atoms with van der Waals surface area (Å²) in [4.78, 5) is 12.0. The maximum atomic E-state index is 14.0. The lowest BCUT2D eigenvalue weighted by Crippen LogP contribution is -2.17. The van der Waals surface area contributed by atoms with Crippen LogP contribution in [0.25, 0.3) is 0 Å². The van der Waals surface area contributed by atoms with Gasteiger partial charge in [0.25, 0.3) is 0 Å². The molecule has 0 aliphatic heterocycles. The van der Waals surface area contributed by atoms with E-state index in [9.17, 15) is 9.18 Å². The maximum Gasteiger partial charge on any atom is 0.176 e. The zero-order valence-corrected chi connectivity index (χ0v) is 14.4. The minimum Gasteiger partial charge on any atom is -0.488 e. The summed E-state index contributed by atoms with van der Waals surface area (Å²) in [6.07, 6.45) is 0.549. The molecule has 0 saturated carbocycles.